The Morgan fingerprint density at radius 3 is 1.88 bits per heavy atom. The zero-order valence-corrected chi connectivity index (χ0v) is 13.4. The maximum Gasteiger partial charge on any atom is 0.412 e. The molecule has 0 fully saturated rings. The van der Waals surface area contributed by atoms with Crippen LogP contribution >= 0.6 is 0 Å². The number of hydrogen-bond donors (Lipinski definition) is 2. The number of rotatable bonds is 6. The van der Waals surface area contributed by atoms with Crippen LogP contribution in [0.5, 0.6) is 0 Å². The van der Waals surface area contributed by atoms with Crippen LogP contribution in [0, 0.1) is 0 Å². The molecule has 1 unspecified atom stereocenters. The third-order valence-electron chi connectivity index (χ3n) is 3.17. The summed E-state index contributed by atoms with van der Waals surface area (Å²) in [7, 11) is 0. The van der Waals surface area contributed by atoms with Gasteiger partial charge in [0.15, 0.2) is 0 Å². The molecule has 2 aromatic rings. The standard InChI is InChI=1S/C18H20N2O4/c1-2-16(24-18(22)20-15-11-7-4-8-12-15)13-23-17(21)19-14-9-5-3-6-10-14/h3-12,16H,2,13H2,1H3,(H,19,21)(H,20,22). The Morgan fingerprint density at radius 2 is 1.38 bits per heavy atom. The Balaban J connectivity index is 1.75. The van der Waals surface area contributed by atoms with Crippen molar-refractivity contribution in [3.8, 4) is 0 Å². The van der Waals surface area contributed by atoms with Crippen molar-refractivity contribution >= 4 is 23.6 Å². The van der Waals surface area contributed by atoms with Crippen LogP contribution in [0.15, 0.2) is 60.7 Å². The fourth-order valence-electron chi connectivity index (χ4n) is 1.90. The Morgan fingerprint density at radius 1 is 0.875 bits per heavy atom. The average Bonchev–Trinajstić information content (AvgIpc) is 2.60. The van der Waals surface area contributed by atoms with Crippen molar-refractivity contribution in [2.45, 2.75) is 19.4 Å². The molecule has 24 heavy (non-hydrogen) atoms. The van der Waals surface area contributed by atoms with Crippen molar-refractivity contribution in [3.05, 3.63) is 60.7 Å². The first-order valence-corrected chi connectivity index (χ1v) is 7.69. The first-order chi connectivity index (χ1) is 11.7. The van der Waals surface area contributed by atoms with Gasteiger partial charge >= 0.3 is 12.2 Å². The number of para-hydroxylation sites is 2. The van der Waals surface area contributed by atoms with Crippen molar-refractivity contribution in [1.82, 2.24) is 0 Å². The summed E-state index contributed by atoms with van der Waals surface area (Å²) in [4.78, 5) is 23.5. The van der Waals surface area contributed by atoms with Gasteiger partial charge in [-0.2, -0.15) is 0 Å². The van der Waals surface area contributed by atoms with Gasteiger partial charge in [-0.15, -0.1) is 0 Å². The molecule has 0 aliphatic rings. The smallest absolute Gasteiger partial charge is 0.412 e. The van der Waals surface area contributed by atoms with E-state index in [4.69, 9.17) is 9.47 Å². The molecule has 0 bridgehead atoms. The quantitative estimate of drug-likeness (QED) is 0.830. The lowest BCUT2D eigenvalue weighted by atomic mass is 10.3. The number of carbonyl (C=O) groups excluding carboxylic acids is 2. The number of carbonyl (C=O) groups is 2. The zero-order chi connectivity index (χ0) is 17.2. The second kappa shape index (κ2) is 9.19. The molecular weight excluding hydrogens is 308 g/mol. The van der Waals surface area contributed by atoms with E-state index >= 15 is 0 Å². The van der Waals surface area contributed by atoms with Gasteiger partial charge in [0, 0.05) is 11.4 Å². The molecule has 2 aromatic carbocycles. The highest BCUT2D eigenvalue weighted by molar-refractivity contribution is 5.85. The monoisotopic (exact) mass is 328 g/mol. The minimum absolute atomic E-state index is 0.0165. The summed E-state index contributed by atoms with van der Waals surface area (Å²) in [6.45, 7) is 1.83. The highest BCUT2D eigenvalue weighted by Crippen LogP contribution is 2.09. The lowest BCUT2D eigenvalue weighted by Gasteiger charge is -2.17. The summed E-state index contributed by atoms with van der Waals surface area (Å²) in [6, 6.07) is 18.0. The van der Waals surface area contributed by atoms with E-state index in [0.29, 0.717) is 17.8 Å². The number of amides is 2. The van der Waals surface area contributed by atoms with Gasteiger partial charge in [-0.25, -0.2) is 9.59 Å². The van der Waals surface area contributed by atoms with Gasteiger partial charge in [-0.05, 0) is 30.7 Å². The molecule has 1 atom stereocenters. The fourth-order valence-corrected chi connectivity index (χ4v) is 1.90. The van der Waals surface area contributed by atoms with Crippen LogP contribution in [0.4, 0.5) is 21.0 Å². The van der Waals surface area contributed by atoms with Crippen molar-refractivity contribution in [3.63, 3.8) is 0 Å². The maximum absolute atomic E-state index is 11.8. The van der Waals surface area contributed by atoms with Gasteiger partial charge in [0.2, 0.25) is 0 Å². The minimum atomic E-state index is -0.591. The molecule has 0 spiro atoms. The first kappa shape index (κ1) is 17.3. The van der Waals surface area contributed by atoms with Crippen LogP contribution in [0.2, 0.25) is 0 Å². The summed E-state index contributed by atoms with van der Waals surface area (Å²) in [5.74, 6) is 0. The number of benzene rings is 2. The van der Waals surface area contributed by atoms with Gasteiger partial charge in [0.1, 0.15) is 12.7 Å². The molecular formula is C18H20N2O4. The third kappa shape index (κ3) is 6.00. The molecule has 0 aliphatic heterocycles. The van der Waals surface area contributed by atoms with Crippen LogP contribution in [0.25, 0.3) is 0 Å². The molecule has 0 saturated carbocycles. The third-order valence-corrected chi connectivity index (χ3v) is 3.17. The van der Waals surface area contributed by atoms with Gasteiger partial charge in [-0.3, -0.25) is 10.6 Å². The second-order valence-corrected chi connectivity index (χ2v) is 5.02. The molecule has 2 rings (SSSR count). The molecule has 0 saturated heterocycles. The molecule has 0 aromatic heterocycles. The SMILES string of the molecule is CCC(COC(=O)Nc1ccccc1)OC(=O)Nc1ccccc1. The normalized spacial score (nSPS) is 11.2. The Kier molecular flexibility index (Phi) is 6.64. The van der Waals surface area contributed by atoms with Crippen LogP contribution < -0.4 is 10.6 Å². The molecule has 0 heterocycles. The van der Waals surface area contributed by atoms with E-state index in [1.165, 1.54) is 0 Å². The highest BCUT2D eigenvalue weighted by atomic mass is 16.6. The minimum Gasteiger partial charge on any atom is -0.445 e. The van der Waals surface area contributed by atoms with E-state index in [1.54, 1.807) is 24.3 Å². The molecule has 0 radical (unpaired) electrons. The molecule has 6 nitrogen and oxygen atoms in total. The average molecular weight is 328 g/mol. The van der Waals surface area contributed by atoms with E-state index in [-0.39, 0.29) is 6.61 Å². The fraction of sp³-hybridized carbons (Fsp3) is 0.222. The summed E-state index contributed by atoms with van der Waals surface area (Å²) < 4.78 is 10.3. The summed E-state index contributed by atoms with van der Waals surface area (Å²) in [5, 5.41) is 5.21. The lowest BCUT2D eigenvalue weighted by molar-refractivity contribution is 0.0537. The van der Waals surface area contributed by atoms with Gasteiger partial charge in [-0.1, -0.05) is 43.3 Å². The lowest BCUT2D eigenvalue weighted by Crippen LogP contribution is -2.28. The number of nitrogens with one attached hydrogen (secondary N) is 2. The predicted molar refractivity (Wildman–Crippen MR) is 92.0 cm³/mol. The van der Waals surface area contributed by atoms with Gasteiger partial charge < -0.3 is 9.47 Å². The predicted octanol–water partition coefficient (Wildman–Crippen LogP) is 4.26. The van der Waals surface area contributed by atoms with Gasteiger partial charge in [0.05, 0.1) is 0 Å². The van der Waals surface area contributed by atoms with E-state index in [1.807, 2.05) is 43.3 Å². The summed E-state index contributed by atoms with van der Waals surface area (Å²) in [6.07, 6.45) is -1.16. The maximum atomic E-state index is 11.8. The molecule has 6 heteroatoms. The Bertz CT molecular complexity index is 647. The molecule has 2 amide bonds. The van der Waals surface area contributed by atoms with Crippen molar-refractivity contribution < 1.29 is 19.1 Å². The Labute approximate surface area is 140 Å². The molecule has 0 aliphatic carbocycles. The topological polar surface area (TPSA) is 76.7 Å². The van der Waals surface area contributed by atoms with Crippen LogP contribution in [0.1, 0.15) is 13.3 Å². The zero-order valence-electron chi connectivity index (χ0n) is 13.4. The number of ether oxygens (including phenoxy) is 2. The van der Waals surface area contributed by atoms with Crippen LogP contribution in [0.3, 0.4) is 0 Å². The summed E-state index contributed by atoms with van der Waals surface area (Å²) in [5.41, 5.74) is 1.28. The van der Waals surface area contributed by atoms with Crippen LogP contribution in [-0.2, 0) is 9.47 Å². The number of hydrogen-bond acceptors (Lipinski definition) is 4. The largest absolute Gasteiger partial charge is 0.445 e. The van der Waals surface area contributed by atoms with Crippen LogP contribution in [-0.4, -0.2) is 24.9 Å². The van der Waals surface area contributed by atoms with E-state index in [0.717, 1.165) is 0 Å². The van der Waals surface area contributed by atoms with Gasteiger partial charge in [0.25, 0.3) is 0 Å². The molecule has 126 valence electrons. The van der Waals surface area contributed by atoms with Crippen molar-refractivity contribution in [1.29, 1.82) is 0 Å². The van der Waals surface area contributed by atoms with Crippen molar-refractivity contribution in [2.24, 2.45) is 0 Å². The van der Waals surface area contributed by atoms with E-state index < -0.39 is 18.3 Å². The summed E-state index contributed by atoms with van der Waals surface area (Å²) >= 11 is 0. The van der Waals surface area contributed by atoms with Crippen molar-refractivity contribution in [2.75, 3.05) is 17.2 Å². The Hall–Kier alpha value is -3.02. The highest BCUT2D eigenvalue weighted by Gasteiger charge is 2.15. The molecule has 2 N–H and O–H groups in total. The number of anilines is 2. The second-order valence-electron chi connectivity index (χ2n) is 5.02. The van der Waals surface area contributed by atoms with E-state index in [9.17, 15) is 9.59 Å². The van der Waals surface area contributed by atoms with E-state index in [2.05, 4.69) is 10.6 Å². The first-order valence-electron chi connectivity index (χ1n) is 7.69.